The predicted octanol–water partition coefficient (Wildman–Crippen LogP) is 3.28. The van der Waals surface area contributed by atoms with Gasteiger partial charge in [0.25, 0.3) is 0 Å². The molecule has 1 saturated carbocycles. The summed E-state index contributed by atoms with van der Waals surface area (Å²) in [6.45, 7) is 11.0. The van der Waals surface area contributed by atoms with Crippen molar-refractivity contribution in [3.8, 4) is 0 Å². The molecule has 2 heteroatoms. The first-order valence-electron chi connectivity index (χ1n) is 8.19. The minimum absolute atomic E-state index is 0.690. The number of likely N-dealkylation sites (tertiary alicyclic amines) is 1. The van der Waals surface area contributed by atoms with Gasteiger partial charge in [-0.1, -0.05) is 19.8 Å². The van der Waals surface area contributed by atoms with Crippen molar-refractivity contribution in [2.24, 2.45) is 11.8 Å². The summed E-state index contributed by atoms with van der Waals surface area (Å²) in [7, 11) is 0. The van der Waals surface area contributed by atoms with E-state index >= 15 is 0 Å². The molecule has 0 aromatic heterocycles. The van der Waals surface area contributed by atoms with Crippen molar-refractivity contribution < 1.29 is 0 Å². The second kappa shape index (κ2) is 6.91. The molecule has 2 unspecified atom stereocenters. The summed E-state index contributed by atoms with van der Waals surface area (Å²) in [4.78, 5) is 2.62. The summed E-state index contributed by atoms with van der Waals surface area (Å²) in [5.74, 6) is 1.81. The summed E-state index contributed by atoms with van der Waals surface area (Å²) in [6.07, 6.45) is 8.62. The normalized spacial score (nSPS) is 30.5. The minimum atomic E-state index is 0.690. The number of hydrogen-bond acceptors (Lipinski definition) is 2. The van der Waals surface area contributed by atoms with E-state index in [0.29, 0.717) is 6.04 Å². The smallest absolute Gasteiger partial charge is 0.00818 e. The van der Waals surface area contributed by atoms with Gasteiger partial charge in [0.05, 0.1) is 0 Å². The first-order valence-corrected chi connectivity index (χ1v) is 8.19. The number of nitrogens with zero attached hydrogens (tertiary/aromatic N) is 1. The summed E-state index contributed by atoms with van der Waals surface area (Å²) >= 11 is 0. The average Bonchev–Trinajstić information content (AvgIpc) is 2.92. The van der Waals surface area contributed by atoms with Crippen molar-refractivity contribution in [2.75, 3.05) is 19.6 Å². The SMILES string of the molecule is CCN1CCCC(C(C)N[C@H](C)C2CCCC2)C1. The molecule has 2 fully saturated rings. The van der Waals surface area contributed by atoms with Crippen LogP contribution in [0.5, 0.6) is 0 Å². The van der Waals surface area contributed by atoms with E-state index in [9.17, 15) is 0 Å². The highest BCUT2D eigenvalue weighted by molar-refractivity contribution is 4.84. The van der Waals surface area contributed by atoms with Crippen molar-refractivity contribution in [3.63, 3.8) is 0 Å². The van der Waals surface area contributed by atoms with Gasteiger partial charge in [-0.2, -0.15) is 0 Å². The molecule has 0 aromatic carbocycles. The third-order valence-corrected chi connectivity index (χ3v) is 5.33. The maximum absolute atomic E-state index is 3.91. The first-order chi connectivity index (χ1) is 8.70. The number of rotatable bonds is 5. The van der Waals surface area contributed by atoms with Gasteiger partial charge in [-0.05, 0) is 64.5 Å². The standard InChI is InChI=1S/C16H32N2/c1-4-18-11-7-10-16(12-18)14(3)17-13(2)15-8-5-6-9-15/h13-17H,4-12H2,1-3H3/t13-,14?,16?/m1/s1. The van der Waals surface area contributed by atoms with Gasteiger partial charge in [-0.25, -0.2) is 0 Å². The molecule has 3 atom stereocenters. The quantitative estimate of drug-likeness (QED) is 0.808. The van der Waals surface area contributed by atoms with E-state index in [1.54, 1.807) is 0 Å². The van der Waals surface area contributed by atoms with Crippen LogP contribution in [0.1, 0.15) is 59.3 Å². The van der Waals surface area contributed by atoms with Crippen LogP contribution in [-0.2, 0) is 0 Å². The molecule has 0 bridgehead atoms. The van der Waals surface area contributed by atoms with Crippen LogP contribution in [-0.4, -0.2) is 36.6 Å². The highest BCUT2D eigenvalue weighted by Crippen LogP contribution is 2.28. The largest absolute Gasteiger partial charge is 0.311 e. The molecule has 1 N–H and O–H groups in total. The van der Waals surface area contributed by atoms with Crippen LogP contribution in [0, 0.1) is 11.8 Å². The zero-order chi connectivity index (χ0) is 13.0. The predicted molar refractivity (Wildman–Crippen MR) is 78.9 cm³/mol. The van der Waals surface area contributed by atoms with Gasteiger partial charge in [0, 0.05) is 18.6 Å². The molecule has 18 heavy (non-hydrogen) atoms. The topological polar surface area (TPSA) is 15.3 Å². The second-order valence-corrected chi connectivity index (χ2v) is 6.58. The number of piperidine rings is 1. The summed E-state index contributed by atoms with van der Waals surface area (Å²) in [5.41, 5.74) is 0. The van der Waals surface area contributed by atoms with Crippen LogP contribution >= 0.6 is 0 Å². The van der Waals surface area contributed by atoms with Crippen LogP contribution < -0.4 is 5.32 Å². The summed E-state index contributed by atoms with van der Waals surface area (Å²) in [6, 6.07) is 1.41. The zero-order valence-electron chi connectivity index (χ0n) is 12.6. The Kier molecular flexibility index (Phi) is 5.50. The minimum Gasteiger partial charge on any atom is -0.311 e. The first kappa shape index (κ1) is 14.3. The van der Waals surface area contributed by atoms with Crippen molar-refractivity contribution in [1.29, 1.82) is 0 Å². The maximum Gasteiger partial charge on any atom is 0.00818 e. The molecule has 2 nitrogen and oxygen atoms in total. The lowest BCUT2D eigenvalue weighted by molar-refractivity contribution is 0.148. The second-order valence-electron chi connectivity index (χ2n) is 6.58. The fourth-order valence-electron chi connectivity index (χ4n) is 3.93. The van der Waals surface area contributed by atoms with Crippen molar-refractivity contribution in [3.05, 3.63) is 0 Å². The molecule has 1 aliphatic heterocycles. The van der Waals surface area contributed by atoms with Crippen LogP contribution in [0.4, 0.5) is 0 Å². The molecule has 1 heterocycles. The molecule has 106 valence electrons. The van der Waals surface area contributed by atoms with Gasteiger partial charge >= 0.3 is 0 Å². The Morgan fingerprint density at radius 3 is 2.28 bits per heavy atom. The molecule has 0 radical (unpaired) electrons. The average molecular weight is 252 g/mol. The Balaban J connectivity index is 1.77. The fourth-order valence-corrected chi connectivity index (χ4v) is 3.93. The van der Waals surface area contributed by atoms with E-state index in [-0.39, 0.29) is 0 Å². The third kappa shape index (κ3) is 3.71. The Bertz CT molecular complexity index is 235. The van der Waals surface area contributed by atoms with Crippen molar-refractivity contribution in [1.82, 2.24) is 10.2 Å². The third-order valence-electron chi connectivity index (χ3n) is 5.33. The van der Waals surface area contributed by atoms with Crippen molar-refractivity contribution in [2.45, 2.75) is 71.4 Å². The molecule has 2 rings (SSSR count). The van der Waals surface area contributed by atoms with Crippen LogP contribution in [0.3, 0.4) is 0 Å². The Labute approximate surface area is 114 Å². The van der Waals surface area contributed by atoms with Gasteiger partial charge in [-0.15, -0.1) is 0 Å². The number of hydrogen-bond donors (Lipinski definition) is 1. The summed E-state index contributed by atoms with van der Waals surface area (Å²) < 4.78 is 0. The Hall–Kier alpha value is -0.0800. The zero-order valence-corrected chi connectivity index (χ0v) is 12.6. The highest BCUT2D eigenvalue weighted by Gasteiger charge is 2.27. The monoisotopic (exact) mass is 252 g/mol. The van der Waals surface area contributed by atoms with E-state index < -0.39 is 0 Å². The van der Waals surface area contributed by atoms with Gasteiger partial charge in [0.2, 0.25) is 0 Å². The molecule has 0 amide bonds. The van der Waals surface area contributed by atoms with Gasteiger partial charge < -0.3 is 10.2 Å². The lowest BCUT2D eigenvalue weighted by atomic mass is 9.90. The Morgan fingerprint density at radius 1 is 1.00 bits per heavy atom. The van der Waals surface area contributed by atoms with E-state index in [0.717, 1.165) is 17.9 Å². The maximum atomic E-state index is 3.91. The lowest BCUT2D eigenvalue weighted by Crippen LogP contribution is -2.48. The van der Waals surface area contributed by atoms with Crippen LogP contribution in [0.25, 0.3) is 0 Å². The molecule has 2 aliphatic rings. The van der Waals surface area contributed by atoms with E-state index in [4.69, 9.17) is 0 Å². The van der Waals surface area contributed by atoms with Crippen LogP contribution in [0.15, 0.2) is 0 Å². The molecule has 1 aliphatic carbocycles. The molecular weight excluding hydrogens is 220 g/mol. The molecule has 1 saturated heterocycles. The van der Waals surface area contributed by atoms with E-state index in [1.165, 1.54) is 58.2 Å². The van der Waals surface area contributed by atoms with E-state index in [1.807, 2.05) is 0 Å². The van der Waals surface area contributed by atoms with Gasteiger partial charge in [0.15, 0.2) is 0 Å². The van der Waals surface area contributed by atoms with Gasteiger partial charge in [-0.3, -0.25) is 0 Å². The van der Waals surface area contributed by atoms with E-state index in [2.05, 4.69) is 31.0 Å². The number of nitrogens with one attached hydrogen (secondary N) is 1. The van der Waals surface area contributed by atoms with Crippen molar-refractivity contribution >= 4 is 0 Å². The van der Waals surface area contributed by atoms with Crippen LogP contribution in [0.2, 0.25) is 0 Å². The molecule has 0 aromatic rings. The molecular formula is C16H32N2. The molecule has 0 spiro atoms. The van der Waals surface area contributed by atoms with Gasteiger partial charge in [0.1, 0.15) is 0 Å². The highest BCUT2D eigenvalue weighted by atomic mass is 15.1. The Morgan fingerprint density at radius 2 is 1.61 bits per heavy atom. The lowest BCUT2D eigenvalue weighted by Gasteiger charge is -2.37. The fraction of sp³-hybridized carbons (Fsp3) is 1.00. The summed E-state index contributed by atoms with van der Waals surface area (Å²) in [5, 5.41) is 3.91.